The van der Waals surface area contributed by atoms with Gasteiger partial charge in [0.2, 0.25) is 0 Å². The zero-order chi connectivity index (χ0) is 88.9. The molecule has 6 aliphatic heterocycles. The third-order valence-corrected chi connectivity index (χ3v) is 29.2. The van der Waals surface area contributed by atoms with Gasteiger partial charge in [0.15, 0.2) is 0 Å². The second-order valence-electron chi connectivity index (χ2n) is 45.4. The van der Waals surface area contributed by atoms with Gasteiger partial charge in [-0.25, -0.2) is 0 Å². The summed E-state index contributed by atoms with van der Waals surface area (Å²) in [5.41, 5.74) is 25.8. The van der Waals surface area contributed by atoms with Crippen LogP contribution in [0.25, 0.3) is 64.6 Å². The molecule has 123 heavy (non-hydrogen) atoms. The van der Waals surface area contributed by atoms with E-state index in [0.29, 0.717) is 12.0 Å². The molecule has 8 aliphatic rings. The lowest BCUT2D eigenvalue weighted by atomic mass is 9.68. The summed E-state index contributed by atoms with van der Waals surface area (Å²) >= 11 is 0. The average molecular weight is 1650 g/mol. The van der Waals surface area contributed by atoms with Crippen molar-refractivity contribution in [3.8, 4) is 34.5 Å². The summed E-state index contributed by atoms with van der Waals surface area (Å²) in [5.74, 6) is 7.45. The fourth-order valence-electron chi connectivity index (χ4n) is 24.0. The smallest absolute Gasteiger partial charge is 0.128 e. The predicted molar refractivity (Wildman–Crippen MR) is 525 cm³/mol. The van der Waals surface area contributed by atoms with Crippen LogP contribution in [0.1, 0.15) is 331 Å². The third-order valence-electron chi connectivity index (χ3n) is 29.2. The van der Waals surface area contributed by atoms with Crippen LogP contribution in [0.3, 0.4) is 0 Å². The van der Waals surface area contributed by atoms with E-state index in [0.717, 1.165) is 55.3 Å². The minimum Gasteiger partial charge on any atom is -0.493 e. The molecule has 12 aromatic rings. The molecule has 0 radical (unpaired) electrons. The van der Waals surface area contributed by atoms with Crippen LogP contribution >= 0.6 is 0 Å². The molecular weight excluding hydrogens is 1500 g/mol. The van der Waals surface area contributed by atoms with Crippen LogP contribution in [0, 0.1) is 41.5 Å². The molecule has 0 bridgehead atoms. The summed E-state index contributed by atoms with van der Waals surface area (Å²) in [4.78, 5) is 0. The standard InChI is InChI=1S/C23H30O.C21H26O.2C19H24O.C18H22O.C17H20O/c1-15-16-11-7-8-12-17(16)19-20(18(15)21(2,3)4)24-23(22(19,5)6)13-9-10-14-23;1-14-15-9-5-6-10-16(15)17-13-21(11-7-8-12-21)22-19(17)18(14)20(2,3)4;1-12-13-9-7-8-10-14(13)15-11-19(5,6)20-17(15)16(12)18(2,3)4;1-11-13(3)20-18-16(11)15-10-8-7-9-14(15)12(2)17(18)19(4,5)6;1-11-10-15-14-9-7-6-8-13(14)12(2)16(17(15)19-11)18(3,4)5;1-11-12-7-5-6-8-13(12)14-9-10-18-16(14)15(11)17(2,3)4/h7-8,11-12H,9-10,13-14H2,1-6H3;5-6,9-10H,7-8,11-13H2,1-4H3;7-10H,11H2,1-6H3;7-11,13H,1-6H3;6-9,11H,10H2,1-5H3;5-8H,9-10H2,1-4H3. The number of hydrogen-bond donors (Lipinski definition) is 0. The number of ether oxygens (including phenoxy) is 6. The van der Waals surface area contributed by atoms with E-state index < -0.39 is 0 Å². The Hall–Kier alpha value is -9.00. The van der Waals surface area contributed by atoms with Crippen molar-refractivity contribution in [2.24, 2.45) is 0 Å². The summed E-state index contributed by atoms with van der Waals surface area (Å²) in [6, 6.07) is 52.8. The molecule has 650 valence electrons. The van der Waals surface area contributed by atoms with Crippen LogP contribution < -0.4 is 28.4 Å². The Kier molecular flexibility index (Phi) is 23.0. The van der Waals surface area contributed by atoms with Gasteiger partial charge in [0.1, 0.15) is 63.5 Å². The highest BCUT2D eigenvalue weighted by molar-refractivity contribution is 5.99. The van der Waals surface area contributed by atoms with Crippen molar-refractivity contribution >= 4 is 64.6 Å². The molecule has 2 fully saturated rings. The van der Waals surface area contributed by atoms with Crippen molar-refractivity contribution in [2.45, 2.75) is 365 Å². The number of fused-ring (bicyclic) bond motifs is 18. The number of hydrogen-bond acceptors (Lipinski definition) is 6. The van der Waals surface area contributed by atoms with Gasteiger partial charge in [0.05, 0.1) is 6.61 Å². The van der Waals surface area contributed by atoms with Gasteiger partial charge in [-0.3, -0.25) is 0 Å². The zero-order valence-electron chi connectivity index (χ0n) is 81.2. The molecule has 6 heteroatoms. The van der Waals surface area contributed by atoms with Crippen LogP contribution in [-0.2, 0) is 63.6 Å². The van der Waals surface area contributed by atoms with Crippen molar-refractivity contribution in [3.63, 3.8) is 0 Å². The molecule has 2 aliphatic carbocycles. The van der Waals surface area contributed by atoms with Gasteiger partial charge in [0.25, 0.3) is 0 Å². The van der Waals surface area contributed by atoms with Crippen LogP contribution in [-0.4, -0.2) is 35.6 Å². The van der Waals surface area contributed by atoms with Gasteiger partial charge in [-0.15, -0.1) is 0 Å². The fourth-order valence-corrected chi connectivity index (χ4v) is 24.0. The monoisotopic (exact) mass is 1650 g/mol. The maximum absolute atomic E-state index is 6.92. The van der Waals surface area contributed by atoms with Crippen molar-refractivity contribution in [3.05, 3.63) is 246 Å². The topological polar surface area (TPSA) is 55.4 Å². The van der Waals surface area contributed by atoms with Gasteiger partial charge in [0, 0.05) is 104 Å². The largest absolute Gasteiger partial charge is 0.493 e. The highest BCUT2D eigenvalue weighted by Gasteiger charge is 2.58. The van der Waals surface area contributed by atoms with Crippen molar-refractivity contribution in [1.82, 2.24) is 0 Å². The second-order valence-corrected chi connectivity index (χ2v) is 45.4. The van der Waals surface area contributed by atoms with Gasteiger partial charge in [-0.05, 0) is 251 Å². The van der Waals surface area contributed by atoms with Gasteiger partial charge >= 0.3 is 0 Å². The van der Waals surface area contributed by atoms with Crippen molar-refractivity contribution < 1.29 is 28.4 Å². The van der Waals surface area contributed by atoms with Gasteiger partial charge in [-0.2, -0.15) is 0 Å². The van der Waals surface area contributed by atoms with Crippen molar-refractivity contribution in [1.29, 1.82) is 0 Å². The van der Waals surface area contributed by atoms with Crippen LogP contribution in [0.15, 0.2) is 146 Å². The maximum Gasteiger partial charge on any atom is 0.128 e. The molecule has 0 N–H and O–H groups in total. The van der Waals surface area contributed by atoms with Crippen LogP contribution in [0.2, 0.25) is 0 Å². The summed E-state index contributed by atoms with van der Waals surface area (Å²) in [5, 5.41) is 16.6. The minimum atomic E-state index is -0.0983. The summed E-state index contributed by atoms with van der Waals surface area (Å²) in [6.45, 7) is 71.3. The van der Waals surface area contributed by atoms with E-state index in [9.17, 15) is 0 Å². The van der Waals surface area contributed by atoms with Crippen LogP contribution in [0.4, 0.5) is 0 Å². The normalized spacial score (nSPS) is 19.0. The first-order chi connectivity index (χ1) is 57.5. The van der Waals surface area contributed by atoms with Crippen molar-refractivity contribution in [2.75, 3.05) is 6.61 Å². The van der Waals surface area contributed by atoms with Gasteiger partial charge < -0.3 is 28.4 Å². The fraction of sp³-hybridized carbons (Fsp3) is 0.487. The molecular formula is C117H146O6. The first kappa shape index (κ1) is 88.8. The molecule has 6 nitrogen and oxygen atoms in total. The molecule has 3 unspecified atom stereocenters. The van der Waals surface area contributed by atoms with E-state index >= 15 is 0 Å². The molecule has 20 rings (SSSR count). The highest BCUT2D eigenvalue weighted by atomic mass is 16.5. The lowest BCUT2D eigenvalue weighted by molar-refractivity contribution is 0.0379. The lowest BCUT2D eigenvalue weighted by Crippen LogP contribution is -2.45. The molecule has 3 atom stereocenters. The van der Waals surface area contributed by atoms with E-state index in [1.165, 1.54) is 228 Å². The average Bonchev–Trinajstić information content (AvgIpc) is 1.54. The minimum absolute atomic E-state index is 0.00804. The molecule has 2 spiro atoms. The lowest BCUT2D eigenvalue weighted by Gasteiger charge is -2.37. The maximum atomic E-state index is 6.92. The quantitative estimate of drug-likeness (QED) is 0.151. The molecule has 0 aromatic heterocycles. The highest BCUT2D eigenvalue weighted by Crippen LogP contribution is 2.62. The summed E-state index contributed by atoms with van der Waals surface area (Å²) in [7, 11) is 0. The number of benzene rings is 12. The van der Waals surface area contributed by atoms with E-state index in [-0.39, 0.29) is 60.8 Å². The third kappa shape index (κ3) is 15.8. The first-order valence-corrected chi connectivity index (χ1v) is 46.9. The van der Waals surface area contributed by atoms with Gasteiger partial charge in [-0.1, -0.05) is 291 Å². The summed E-state index contributed by atoms with van der Waals surface area (Å²) in [6.07, 6.45) is 14.7. The van der Waals surface area contributed by atoms with Crippen LogP contribution in [0.5, 0.6) is 34.5 Å². The van der Waals surface area contributed by atoms with E-state index in [2.05, 4.69) is 360 Å². The Morgan fingerprint density at radius 1 is 0.309 bits per heavy atom. The van der Waals surface area contributed by atoms with E-state index in [4.69, 9.17) is 28.4 Å². The Labute approximate surface area is 739 Å². The van der Waals surface area contributed by atoms with E-state index in [1.54, 1.807) is 0 Å². The predicted octanol–water partition coefficient (Wildman–Crippen LogP) is 31.8. The Balaban J connectivity index is 0.000000115. The van der Waals surface area contributed by atoms with E-state index in [1.807, 2.05) is 0 Å². The Morgan fingerprint density at radius 2 is 0.634 bits per heavy atom. The number of aryl methyl sites for hydroxylation is 6. The number of rotatable bonds is 0. The second kappa shape index (κ2) is 31.8. The Bertz CT molecular complexity index is 6110. The summed E-state index contributed by atoms with van der Waals surface area (Å²) < 4.78 is 38.3. The first-order valence-electron chi connectivity index (χ1n) is 46.9. The Morgan fingerprint density at radius 3 is 1.07 bits per heavy atom. The molecule has 0 saturated heterocycles. The molecule has 6 heterocycles. The molecule has 0 amide bonds. The SMILES string of the molecule is Cc1c(C(C)(C)C)c2c(c3ccccc13)C(C)(C)C1(CCCC1)O2.Cc1c(C(C)(C)C)c2c(c3ccccc13)C(C)C(C)O2.Cc1c(C(C)(C)C)c2c(c3ccccc13)CC(C)(C)O2.Cc1c(C(C)(C)C)c2c(c3ccccc13)CC(C)O2.Cc1c(C(C)(C)C)c2c(c3ccccc13)CC1(CCCC1)O2.Cc1c(C(C)(C)C)c2c(c3ccccc13)CCO2. The molecule has 12 aromatic carbocycles. The molecule has 2 saturated carbocycles. The zero-order valence-corrected chi connectivity index (χ0v) is 81.2.